The van der Waals surface area contributed by atoms with Crippen LogP contribution < -0.4 is 23.7 Å². The predicted molar refractivity (Wildman–Crippen MR) is 133 cm³/mol. The lowest BCUT2D eigenvalue weighted by Gasteiger charge is -2.16. The van der Waals surface area contributed by atoms with Gasteiger partial charge >= 0.3 is 0 Å². The first-order chi connectivity index (χ1) is 16.6. The molecule has 0 atom stereocenters. The molecule has 8 nitrogen and oxygen atoms in total. The molecule has 9 heteroatoms. The van der Waals surface area contributed by atoms with Gasteiger partial charge in [-0.3, -0.25) is 4.79 Å². The van der Waals surface area contributed by atoms with Crippen molar-refractivity contribution in [3.63, 3.8) is 0 Å². The van der Waals surface area contributed by atoms with E-state index in [1.807, 2.05) is 50.5 Å². The molecule has 1 heterocycles. The van der Waals surface area contributed by atoms with Crippen molar-refractivity contribution in [1.82, 2.24) is 4.57 Å². The van der Waals surface area contributed by atoms with Gasteiger partial charge < -0.3 is 28.3 Å². The van der Waals surface area contributed by atoms with Crippen molar-refractivity contribution in [3.05, 3.63) is 40.7 Å². The van der Waals surface area contributed by atoms with E-state index < -0.39 is 5.91 Å². The number of fused-ring (bicyclic) bond motifs is 1. The fourth-order valence-electron chi connectivity index (χ4n) is 3.45. The molecular formula is C25H32N2O6S. The van der Waals surface area contributed by atoms with Crippen LogP contribution in [-0.4, -0.2) is 50.6 Å². The molecular weight excluding hydrogens is 456 g/mol. The Labute approximate surface area is 203 Å². The number of hydrogen-bond donors (Lipinski definition) is 0. The van der Waals surface area contributed by atoms with Crippen molar-refractivity contribution in [2.45, 2.75) is 34.2 Å². The molecule has 1 amide bonds. The van der Waals surface area contributed by atoms with E-state index in [-0.39, 0.29) is 0 Å². The van der Waals surface area contributed by atoms with Crippen LogP contribution >= 0.6 is 11.3 Å². The average molecular weight is 489 g/mol. The monoisotopic (exact) mass is 488 g/mol. The van der Waals surface area contributed by atoms with Gasteiger partial charge in [0.25, 0.3) is 5.91 Å². The highest BCUT2D eigenvalue weighted by atomic mass is 32.1. The molecule has 0 bridgehead atoms. The Morgan fingerprint density at radius 3 is 2.21 bits per heavy atom. The SMILES string of the molecule is CCOCCn1c(=NC(=O)c2cc(OCC)c(OCC)c(OCC)c2)sc2cc(OC)ccc21. The van der Waals surface area contributed by atoms with Gasteiger partial charge in [-0.15, -0.1) is 0 Å². The first-order valence-corrected chi connectivity index (χ1v) is 12.3. The highest BCUT2D eigenvalue weighted by molar-refractivity contribution is 7.16. The molecule has 0 saturated heterocycles. The summed E-state index contributed by atoms with van der Waals surface area (Å²) < 4.78 is 31.1. The highest BCUT2D eigenvalue weighted by Crippen LogP contribution is 2.39. The first kappa shape index (κ1) is 25.6. The van der Waals surface area contributed by atoms with Crippen LogP contribution in [0.2, 0.25) is 0 Å². The summed E-state index contributed by atoms with van der Waals surface area (Å²) in [7, 11) is 1.63. The number of nitrogens with zero attached hydrogens (tertiary/aromatic N) is 2. The number of carbonyl (C=O) groups is 1. The van der Waals surface area contributed by atoms with Crippen LogP contribution in [0.4, 0.5) is 0 Å². The third kappa shape index (κ3) is 5.90. The van der Waals surface area contributed by atoms with E-state index in [1.54, 1.807) is 19.2 Å². The smallest absolute Gasteiger partial charge is 0.279 e. The van der Waals surface area contributed by atoms with Crippen molar-refractivity contribution < 1.29 is 28.5 Å². The lowest BCUT2D eigenvalue weighted by atomic mass is 10.1. The van der Waals surface area contributed by atoms with Gasteiger partial charge in [0.15, 0.2) is 16.3 Å². The number of aromatic nitrogens is 1. The third-order valence-corrected chi connectivity index (χ3v) is 5.95. The Morgan fingerprint density at radius 2 is 1.62 bits per heavy atom. The summed E-state index contributed by atoms with van der Waals surface area (Å²) in [6.07, 6.45) is 0. The largest absolute Gasteiger partial charge is 0.497 e. The normalized spacial score (nSPS) is 11.6. The van der Waals surface area contributed by atoms with Crippen LogP contribution in [0, 0.1) is 0 Å². The molecule has 0 N–H and O–H groups in total. The summed E-state index contributed by atoms with van der Waals surface area (Å²) in [5.74, 6) is 1.76. The Bertz CT molecular complexity index is 1160. The number of thiazole rings is 1. The van der Waals surface area contributed by atoms with Crippen LogP contribution in [-0.2, 0) is 11.3 Å². The van der Waals surface area contributed by atoms with Crippen LogP contribution in [0.3, 0.4) is 0 Å². The second kappa shape index (κ2) is 12.4. The van der Waals surface area contributed by atoms with Crippen LogP contribution in [0.15, 0.2) is 35.3 Å². The molecule has 0 aliphatic rings. The highest BCUT2D eigenvalue weighted by Gasteiger charge is 2.19. The third-order valence-electron chi connectivity index (χ3n) is 4.91. The Kier molecular flexibility index (Phi) is 9.35. The molecule has 0 fully saturated rings. The minimum Gasteiger partial charge on any atom is -0.497 e. The fourth-order valence-corrected chi connectivity index (χ4v) is 4.53. The number of hydrogen-bond acceptors (Lipinski definition) is 7. The topological polar surface area (TPSA) is 80.5 Å². The van der Waals surface area contributed by atoms with E-state index >= 15 is 0 Å². The predicted octanol–water partition coefficient (Wildman–Crippen LogP) is 4.69. The van der Waals surface area contributed by atoms with Crippen molar-refractivity contribution >= 4 is 27.5 Å². The molecule has 0 aliphatic heterocycles. The van der Waals surface area contributed by atoms with Crippen molar-refractivity contribution in [2.24, 2.45) is 4.99 Å². The Hall–Kier alpha value is -3.04. The molecule has 1 aromatic heterocycles. The first-order valence-electron chi connectivity index (χ1n) is 11.5. The molecule has 184 valence electrons. The summed E-state index contributed by atoms with van der Waals surface area (Å²) in [4.78, 5) is 18.4. The quantitative estimate of drug-likeness (QED) is 0.344. The average Bonchev–Trinajstić information content (AvgIpc) is 3.17. The van der Waals surface area contributed by atoms with Crippen molar-refractivity contribution in [3.8, 4) is 23.0 Å². The fraction of sp³-hybridized carbons (Fsp3) is 0.440. The summed E-state index contributed by atoms with van der Waals surface area (Å²) in [6.45, 7) is 10.6. The number of amides is 1. The van der Waals surface area contributed by atoms with Crippen molar-refractivity contribution in [2.75, 3.05) is 40.1 Å². The van der Waals surface area contributed by atoms with Crippen LogP contribution in [0.1, 0.15) is 38.1 Å². The summed E-state index contributed by atoms with van der Waals surface area (Å²) >= 11 is 1.43. The molecule has 0 saturated carbocycles. The van der Waals surface area contributed by atoms with Gasteiger partial charge in [0.2, 0.25) is 5.75 Å². The molecule has 3 aromatic rings. The molecule has 3 rings (SSSR count). The Balaban J connectivity index is 2.10. The van der Waals surface area contributed by atoms with Gasteiger partial charge in [-0.05, 0) is 58.0 Å². The summed E-state index contributed by atoms with van der Waals surface area (Å²) in [6, 6.07) is 9.12. The zero-order chi connectivity index (χ0) is 24.5. The molecule has 0 radical (unpaired) electrons. The van der Waals surface area contributed by atoms with Gasteiger partial charge in [0.1, 0.15) is 5.75 Å². The van der Waals surface area contributed by atoms with Gasteiger partial charge in [0, 0.05) is 18.7 Å². The van der Waals surface area contributed by atoms with Gasteiger partial charge in [-0.2, -0.15) is 4.99 Å². The summed E-state index contributed by atoms with van der Waals surface area (Å²) in [5.41, 5.74) is 1.33. The lowest BCUT2D eigenvalue weighted by Crippen LogP contribution is -2.19. The molecule has 0 aliphatic carbocycles. The second-order valence-corrected chi connectivity index (χ2v) is 8.09. The zero-order valence-corrected chi connectivity index (χ0v) is 21.2. The molecule has 34 heavy (non-hydrogen) atoms. The van der Waals surface area contributed by atoms with Gasteiger partial charge in [-0.25, -0.2) is 0 Å². The summed E-state index contributed by atoms with van der Waals surface area (Å²) in [5, 5.41) is 0. The molecule has 2 aromatic carbocycles. The van der Waals surface area contributed by atoms with Crippen molar-refractivity contribution in [1.29, 1.82) is 0 Å². The van der Waals surface area contributed by atoms with E-state index in [1.165, 1.54) is 11.3 Å². The maximum Gasteiger partial charge on any atom is 0.279 e. The lowest BCUT2D eigenvalue weighted by molar-refractivity contribution is 0.0995. The van der Waals surface area contributed by atoms with Crippen LogP contribution in [0.25, 0.3) is 10.2 Å². The van der Waals surface area contributed by atoms with Crippen LogP contribution in [0.5, 0.6) is 23.0 Å². The molecule has 0 unspecified atom stereocenters. The number of carbonyl (C=O) groups excluding carboxylic acids is 1. The number of rotatable bonds is 12. The number of ether oxygens (including phenoxy) is 5. The van der Waals surface area contributed by atoms with E-state index in [4.69, 9.17) is 23.7 Å². The Morgan fingerprint density at radius 1 is 0.941 bits per heavy atom. The van der Waals surface area contributed by atoms with Gasteiger partial charge in [-0.1, -0.05) is 11.3 Å². The minimum atomic E-state index is -0.395. The van der Waals surface area contributed by atoms with E-state index in [0.29, 0.717) is 67.2 Å². The number of methoxy groups -OCH3 is 1. The van der Waals surface area contributed by atoms with E-state index in [9.17, 15) is 4.79 Å². The zero-order valence-electron chi connectivity index (χ0n) is 20.4. The maximum atomic E-state index is 13.3. The molecule has 0 spiro atoms. The minimum absolute atomic E-state index is 0.363. The second-order valence-electron chi connectivity index (χ2n) is 7.08. The maximum absolute atomic E-state index is 13.3. The van der Waals surface area contributed by atoms with E-state index in [2.05, 4.69) is 4.99 Å². The standard InChI is InChI=1S/C25H32N2O6S/c1-6-30-13-12-27-19-11-10-18(29-5)16-22(19)34-25(27)26-24(28)17-14-20(31-7-2)23(33-9-4)21(15-17)32-8-3/h10-11,14-16H,6-9,12-13H2,1-5H3. The van der Waals surface area contributed by atoms with E-state index in [0.717, 1.165) is 16.0 Å². The van der Waals surface area contributed by atoms with Gasteiger partial charge in [0.05, 0.1) is 43.8 Å². The number of benzene rings is 2.